The van der Waals surface area contributed by atoms with Gasteiger partial charge in [0.15, 0.2) is 0 Å². The summed E-state index contributed by atoms with van der Waals surface area (Å²) in [5.41, 5.74) is 1.19. The van der Waals surface area contributed by atoms with Crippen LogP contribution in [0.15, 0.2) is 52.3 Å². The van der Waals surface area contributed by atoms with Crippen LogP contribution in [0.5, 0.6) is 5.75 Å². The van der Waals surface area contributed by atoms with E-state index in [0.717, 1.165) is 49.2 Å². The second-order valence-electron chi connectivity index (χ2n) is 7.20. The molecule has 0 unspecified atom stereocenters. The van der Waals surface area contributed by atoms with Gasteiger partial charge in [0.25, 0.3) is 5.91 Å². The van der Waals surface area contributed by atoms with Gasteiger partial charge in [-0.25, -0.2) is 13.1 Å². The monoisotopic (exact) mass is 448 g/mol. The van der Waals surface area contributed by atoms with Crippen molar-refractivity contribution in [1.29, 1.82) is 0 Å². The molecule has 1 aliphatic heterocycles. The Morgan fingerprint density at radius 1 is 1.10 bits per heavy atom. The number of carbonyl (C=O) groups is 1. The normalized spacial score (nSPS) is 14.9. The molecule has 8 heteroatoms. The van der Waals surface area contributed by atoms with Gasteiger partial charge in [0, 0.05) is 30.1 Å². The Morgan fingerprint density at radius 3 is 2.47 bits per heavy atom. The average Bonchev–Trinajstić information content (AvgIpc) is 3.06. The molecular weight excluding hydrogens is 420 g/mol. The Balaban J connectivity index is 1.84. The van der Waals surface area contributed by atoms with Gasteiger partial charge in [0.05, 0.1) is 17.6 Å². The Kier molecular flexibility index (Phi) is 7.80. The van der Waals surface area contributed by atoms with Gasteiger partial charge >= 0.3 is 0 Å². The minimum atomic E-state index is -3.79. The van der Waals surface area contributed by atoms with E-state index in [1.54, 1.807) is 25.3 Å². The molecule has 1 N–H and O–H groups in total. The first-order valence-corrected chi connectivity index (χ1v) is 12.8. The van der Waals surface area contributed by atoms with Gasteiger partial charge in [-0.05, 0) is 43.4 Å². The molecule has 1 saturated heterocycles. The molecule has 0 aliphatic carbocycles. The number of nitrogens with zero attached hydrogens (tertiary/aromatic N) is 1. The lowest BCUT2D eigenvalue weighted by molar-refractivity contribution is 0.0758. The number of sulfonamides is 1. The molecular formula is C22H28N2O4S2. The smallest absolute Gasteiger partial charge is 0.255 e. The van der Waals surface area contributed by atoms with E-state index in [1.807, 2.05) is 29.4 Å². The van der Waals surface area contributed by atoms with Gasteiger partial charge in [-0.1, -0.05) is 31.0 Å². The summed E-state index contributed by atoms with van der Waals surface area (Å²) in [7, 11) is -2.24. The zero-order valence-electron chi connectivity index (χ0n) is 17.4. The molecule has 2 aromatic rings. The molecule has 0 aromatic heterocycles. The number of carbonyl (C=O) groups excluding carboxylic acids is 1. The maximum Gasteiger partial charge on any atom is 0.255 e. The standard InChI is InChI=1S/C22H28N2O4S2/c1-28-20-10-6-5-9-17(20)16-23-30(26,27)18-11-12-21(29-2)19(15-18)22(25)24-13-7-3-4-8-14-24/h5-6,9-12,15,23H,3-4,7-8,13-14,16H2,1-2H3. The lowest BCUT2D eigenvalue weighted by atomic mass is 10.2. The highest BCUT2D eigenvalue weighted by Gasteiger charge is 2.23. The molecule has 0 atom stereocenters. The van der Waals surface area contributed by atoms with Crippen molar-refractivity contribution in [3.05, 3.63) is 53.6 Å². The third-order valence-electron chi connectivity index (χ3n) is 5.25. The Labute approximate surface area is 183 Å². The zero-order chi connectivity index (χ0) is 21.6. The van der Waals surface area contributed by atoms with Crippen LogP contribution in [-0.2, 0) is 16.6 Å². The maximum atomic E-state index is 13.2. The van der Waals surface area contributed by atoms with E-state index in [0.29, 0.717) is 11.3 Å². The molecule has 3 rings (SSSR count). The highest BCUT2D eigenvalue weighted by molar-refractivity contribution is 7.98. The van der Waals surface area contributed by atoms with E-state index in [-0.39, 0.29) is 17.3 Å². The number of likely N-dealkylation sites (tertiary alicyclic amines) is 1. The van der Waals surface area contributed by atoms with Crippen LogP contribution in [0.25, 0.3) is 0 Å². The summed E-state index contributed by atoms with van der Waals surface area (Å²) in [6.07, 6.45) is 6.11. The maximum absolute atomic E-state index is 13.2. The van der Waals surface area contributed by atoms with Crippen LogP contribution in [0, 0.1) is 0 Å². The van der Waals surface area contributed by atoms with Gasteiger partial charge in [0.2, 0.25) is 10.0 Å². The summed E-state index contributed by atoms with van der Waals surface area (Å²) in [5, 5.41) is 0. The fourth-order valence-corrected chi connectivity index (χ4v) is 5.17. The number of methoxy groups -OCH3 is 1. The summed E-state index contributed by atoms with van der Waals surface area (Å²) < 4.78 is 33.8. The van der Waals surface area contributed by atoms with Crippen molar-refractivity contribution in [3.8, 4) is 5.75 Å². The molecule has 0 spiro atoms. The first kappa shape index (κ1) is 22.7. The van der Waals surface area contributed by atoms with Crippen molar-refractivity contribution in [2.24, 2.45) is 0 Å². The van der Waals surface area contributed by atoms with Gasteiger partial charge in [0.1, 0.15) is 5.75 Å². The zero-order valence-corrected chi connectivity index (χ0v) is 19.0. The minimum absolute atomic E-state index is 0.0911. The minimum Gasteiger partial charge on any atom is -0.496 e. The molecule has 2 aromatic carbocycles. The van der Waals surface area contributed by atoms with Crippen LogP contribution in [0.2, 0.25) is 0 Å². The van der Waals surface area contributed by atoms with Crippen molar-refractivity contribution >= 4 is 27.7 Å². The van der Waals surface area contributed by atoms with Crippen molar-refractivity contribution in [2.45, 2.75) is 42.0 Å². The van der Waals surface area contributed by atoms with E-state index in [1.165, 1.54) is 17.8 Å². The van der Waals surface area contributed by atoms with Gasteiger partial charge in [-0.15, -0.1) is 11.8 Å². The Bertz CT molecular complexity index is 984. The lowest BCUT2D eigenvalue weighted by Gasteiger charge is -2.22. The van der Waals surface area contributed by atoms with E-state index in [4.69, 9.17) is 4.74 Å². The van der Waals surface area contributed by atoms with Gasteiger partial charge < -0.3 is 9.64 Å². The molecule has 1 aliphatic rings. The third kappa shape index (κ3) is 5.36. The van der Waals surface area contributed by atoms with E-state index in [9.17, 15) is 13.2 Å². The molecule has 30 heavy (non-hydrogen) atoms. The summed E-state index contributed by atoms with van der Waals surface area (Å²) in [5.74, 6) is 0.526. The predicted molar refractivity (Wildman–Crippen MR) is 120 cm³/mol. The summed E-state index contributed by atoms with van der Waals surface area (Å²) >= 11 is 1.45. The lowest BCUT2D eigenvalue weighted by Crippen LogP contribution is -2.32. The molecule has 6 nitrogen and oxygen atoms in total. The molecule has 0 saturated carbocycles. The number of para-hydroxylation sites is 1. The number of rotatable bonds is 7. The van der Waals surface area contributed by atoms with Crippen molar-refractivity contribution < 1.29 is 17.9 Å². The number of hydrogen-bond donors (Lipinski definition) is 1. The molecule has 0 bridgehead atoms. The van der Waals surface area contributed by atoms with Gasteiger partial charge in [-0.2, -0.15) is 0 Å². The number of benzene rings is 2. The van der Waals surface area contributed by atoms with Crippen LogP contribution in [0.4, 0.5) is 0 Å². The summed E-state index contributed by atoms with van der Waals surface area (Å²) in [4.78, 5) is 15.9. The molecule has 1 amide bonds. The SMILES string of the molecule is COc1ccccc1CNS(=O)(=O)c1ccc(SC)c(C(=O)N2CCCCCC2)c1. The molecule has 1 heterocycles. The molecule has 0 radical (unpaired) electrons. The van der Waals surface area contributed by atoms with E-state index in [2.05, 4.69) is 4.72 Å². The predicted octanol–water partition coefficient (Wildman–Crippen LogP) is 3.91. The Hall–Kier alpha value is -2.03. The van der Waals surface area contributed by atoms with Crippen molar-refractivity contribution in [3.63, 3.8) is 0 Å². The number of hydrogen-bond acceptors (Lipinski definition) is 5. The largest absolute Gasteiger partial charge is 0.496 e. The van der Waals surface area contributed by atoms with Crippen LogP contribution >= 0.6 is 11.8 Å². The number of ether oxygens (including phenoxy) is 1. The van der Waals surface area contributed by atoms with Crippen LogP contribution in [0.1, 0.15) is 41.6 Å². The quantitative estimate of drug-likeness (QED) is 0.650. The average molecular weight is 449 g/mol. The number of nitrogens with one attached hydrogen (secondary N) is 1. The highest BCUT2D eigenvalue weighted by atomic mass is 32.2. The van der Waals surface area contributed by atoms with Crippen molar-refractivity contribution in [2.75, 3.05) is 26.5 Å². The second-order valence-corrected chi connectivity index (χ2v) is 9.82. The fraction of sp³-hybridized carbons (Fsp3) is 0.409. The molecule has 1 fully saturated rings. The first-order valence-electron chi connectivity index (χ1n) is 10.0. The van der Waals surface area contributed by atoms with Crippen LogP contribution in [-0.4, -0.2) is 45.7 Å². The summed E-state index contributed by atoms with van der Waals surface area (Å²) in [6.45, 7) is 1.54. The number of amides is 1. The number of thioether (sulfide) groups is 1. The van der Waals surface area contributed by atoms with Crippen molar-refractivity contribution in [1.82, 2.24) is 9.62 Å². The fourth-order valence-electron chi connectivity index (χ4n) is 3.57. The second kappa shape index (κ2) is 10.3. The van der Waals surface area contributed by atoms with E-state index < -0.39 is 10.0 Å². The highest BCUT2D eigenvalue weighted by Crippen LogP contribution is 2.26. The van der Waals surface area contributed by atoms with Crippen LogP contribution < -0.4 is 9.46 Å². The first-order chi connectivity index (χ1) is 14.5. The third-order valence-corrected chi connectivity index (χ3v) is 7.44. The van der Waals surface area contributed by atoms with E-state index >= 15 is 0 Å². The van der Waals surface area contributed by atoms with Crippen LogP contribution in [0.3, 0.4) is 0 Å². The Morgan fingerprint density at radius 2 is 1.80 bits per heavy atom. The molecule has 162 valence electrons. The topological polar surface area (TPSA) is 75.7 Å². The summed E-state index contributed by atoms with van der Waals surface area (Å²) in [6, 6.07) is 12.0. The van der Waals surface area contributed by atoms with Gasteiger partial charge in [-0.3, -0.25) is 4.79 Å².